The summed E-state index contributed by atoms with van der Waals surface area (Å²) >= 11 is 0. The van der Waals surface area contributed by atoms with Gasteiger partial charge in [-0.1, -0.05) is 6.07 Å². The second kappa shape index (κ2) is 8.57. The maximum absolute atomic E-state index is 12.7. The van der Waals surface area contributed by atoms with Gasteiger partial charge < -0.3 is 10.0 Å². The molecule has 0 heterocycles. The molecule has 2 aromatic rings. The summed E-state index contributed by atoms with van der Waals surface area (Å²) in [5.74, 6) is -0.798. The molecule has 1 amide bonds. The highest BCUT2D eigenvalue weighted by Gasteiger charge is 2.30. The molecule has 0 fully saturated rings. The van der Waals surface area contributed by atoms with Crippen molar-refractivity contribution < 1.29 is 23.1 Å². The minimum Gasteiger partial charge on any atom is -0.507 e. The van der Waals surface area contributed by atoms with E-state index in [1.54, 1.807) is 12.1 Å². The molecular weight excluding hydrogens is 359 g/mol. The summed E-state index contributed by atoms with van der Waals surface area (Å²) in [6, 6.07) is 9.08. The lowest BCUT2D eigenvalue weighted by Gasteiger charge is -2.21. The summed E-state index contributed by atoms with van der Waals surface area (Å²) in [7, 11) is 0. The topological polar surface area (TPSA) is 64.9 Å². The highest BCUT2D eigenvalue weighted by Crippen LogP contribution is 2.29. The lowest BCUT2D eigenvalue weighted by atomic mass is 10.1. The predicted molar refractivity (Wildman–Crippen MR) is 98.2 cm³/mol. The Labute approximate surface area is 155 Å². The number of phenolic OH excluding ortho intramolecular Hbond substituents is 1. The summed E-state index contributed by atoms with van der Waals surface area (Å²) in [6.45, 7) is 5.57. The molecule has 0 spiro atoms. The first-order valence-electron chi connectivity index (χ1n) is 8.34. The van der Waals surface area contributed by atoms with Crippen LogP contribution in [-0.4, -0.2) is 30.3 Å². The number of rotatable bonds is 6. The van der Waals surface area contributed by atoms with Crippen molar-refractivity contribution in [1.82, 2.24) is 5.43 Å². The minimum absolute atomic E-state index is 0.0172. The van der Waals surface area contributed by atoms with E-state index >= 15 is 0 Å². The number of benzene rings is 2. The number of aromatic hydroxyl groups is 1. The average Bonchev–Trinajstić information content (AvgIpc) is 2.63. The van der Waals surface area contributed by atoms with Gasteiger partial charge in [-0.3, -0.25) is 4.79 Å². The standard InChI is InChI=1S/C19H20F3N3O2/c1-3-25(4-2)16-9-8-14(17(26)11-16)12-23-24-18(27)13-6-5-7-15(10-13)19(20,21)22/h5-12,26H,3-4H2,1-2H3,(H,24,27)/b23-12+. The number of hydrogen-bond acceptors (Lipinski definition) is 4. The van der Waals surface area contributed by atoms with Gasteiger partial charge in [-0.25, -0.2) is 5.43 Å². The molecule has 0 aliphatic heterocycles. The maximum Gasteiger partial charge on any atom is 0.416 e. The predicted octanol–water partition coefficient (Wildman–Crippen LogP) is 4.02. The number of amides is 1. The van der Waals surface area contributed by atoms with Crippen LogP contribution >= 0.6 is 0 Å². The zero-order valence-corrected chi connectivity index (χ0v) is 14.9. The Morgan fingerprint density at radius 2 is 1.89 bits per heavy atom. The molecule has 27 heavy (non-hydrogen) atoms. The van der Waals surface area contributed by atoms with E-state index in [4.69, 9.17) is 0 Å². The summed E-state index contributed by atoms with van der Waals surface area (Å²) in [5, 5.41) is 13.8. The maximum atomic E-state index is 12.7. The third-order valence-corrected chi connectivity index (χ3v) is 3.96. The van der Waals surface area contributed by atoms with Gasteiger partial charge in [0.25, 0.3) is 5.91 Å². The zero-order valence-electron chi connectivity index (χ0n) is 14.9. The molecule has 2 aromatic carbocycles. The molecular formula is C19H20F3N3O2. The Kier molecular flexibility index (Phi) is 6.44. The van der Waals surface area contributed by atoms with Crippen LogP contribution in [-0.2, 0) is 6.18 Å². The normalized spacial score (nSPS) is 11.6. The molecule has 2 N–H and O–H groups in total. The summed E-state index contributed by atoms with van der Waals surface area (Å²) < 4.78 is 38.1. The number of anilines is 1. The summed E-state index contributed by atoms with van der Waals surface area (Å²) in [5.41, 5.74) is 2.30. The first-order chi connectivity index (χ1) is 12.8. The smallest absolute Gasteiger partial charge is 0.416 e. The molecule has 8 heteroatoms. The number of halogens is 3. The number of alkyl halides is 3. The van der Waals surface area contributed by atoms with Gasteiger partial charge in [0.05, 0.1) is 11.8 Å². The highest BCUT2D eigenvalue weighted by atomic mass is 19.4. The van der Waals surface area contributed by atoms with E-state index in [-0.39, 0.29) is 11.3 Å². The Morgan fingerprint density at radius 1 is 1.19 bits per heavy atom. The van der Waals surface area contributed by atoms with E-state index in [0.29, 0.717) is 5.56 Å². The van der Waals surface area contributed by atoms with Crippen molar-refractivity contribution in [3.05, 3.63) is 59.2 Å². The van der Waals surface area contributed by atoms with Gasteiger partial charge in [-0.2, -0.15) is 18.3 Å². The Balaban J connectivity index is 2.08. The number of carbonyl (C=O) groups excluding carboxylic acids is 1. The number of nitrogens with zero attached hydrogens (tertiary/aromatic N) is 2. The van der Waals surface area contributed by atoms with Crippen LogP contribution in [0.25, 0.3) is 0 Å². The molecule has 0 radical (unpaired) electrons. The Morgan fingerprint density at radius 3 is 2.48 bits per heavy atom. The average molecular weight is 379 g/mol. The van der Waals surface area contributed by atoms with E-state index in [9.17, 15) is 23.1 Å². The van der Waals surface area contributed by atoms with Gasteiger partial charge in [0.2, 0.25) is 0 Å². The lowest BCUT2D eigenvalue weighted by Crippen LogP contribution is -2.21. The molecule has 0 aliphatic carbocycles. The number of carbonyl (C=O) groups is 1. The van der Waals surface area contributed by atoms with Crippen molar-refractivity contribution in [3.63, 3.8) is 0 Å². The van der Waals surface area contributed by atoms with Crippen LogP contribution in [0.15, 0.2) is 47.6 Å². The second-order valence-corrected chi connectivity index (χ2v) is 5.69. The Bertz CT molecular complexity index is 831. The molecule has 144 valence electrons. The number of hydrazone groups is 1. The molecule has 0 saturated heterocycles. The molecule has 0 unspecified atom stereocenters. The third kappa shape index (κ3) is 5.22. The molecule has 0 aromatic heterocycles. The molecule has 2 rings (SSSR count). The van der Waals surface area contributed by atoms with Gasteiger partial charge in [-0.15, -0.1) is 0 Å². The quantitative estimate of drug-likeness (QED) is 0.589. The van der Waals surface area contributed by atoms with Gasteiger partial charge >= 0.3 is 6.18 Å². The van der Waals surface area contributed by atoms with Gasteiger partial charge in [0.15, 0.2) is 0 Å². The summed E-state index contributed by atoms with van der Waals surface area (Å²) in [6.07, 6.45) is -3.30. The number of hydrogen-bond donors (Lipinski definition) is 2. The fourth-order valence-corrected chi connectivity index (χ4v) is 2.49. The van der Waals surface area contributed by atoms with Crippen molar-refractivity contribution in [2.75, 3.05) is 18.0 Å². The Hall–Kier alpha value is -3.03. The lowest BCUT2D eigenvalue weighted by molar-refractivity contribution is -0.137. The molecule has 5 nitrogen and oxygen atoms in total. The van der Waals surface area contributed by atoms with E-state index in [2.05, 4.69) is 15.4 Å². The SMILES string of the molecule is CCN(CC)c1ccc(/C=N/NC(=O)c2cccc(C(F)(F)F)c2)c(O)c1. The van der Waals surface area contributed by atoms with Crippen LogP contribution in [0.2, 0.25) is 0 Å². The third-order valence-electron chi connectivity index (χ3n) is 3.96. The first-order valence-corrected chi connectivity index (χ1v) is 8.34. The van der Waals surface area contributed by atoms with Crippen molar-refractivity contribution >= 4 is 17.8 Å². The van der Waals surface area contributed by atoms with E-state index < -0.39 is 17.6 Å². The number of nitrogens with one attached hydrogen (secondary N) is 1. The van der Waals surface area contributed by atoms with Gasteiger partial charge in [0, 0.05) is 36.0 Å². The van der Waals surface area contributed by atoms with Crippen LogP contribution in [0.4, 0.5) is 18.9 Å². The largest absolute Gasteiger partial charge is 0.507 e. The van der Waals surface area contributed by atoms with Crippen LogP contribution < -0.4 is 10.3 Å². The van der Waals surface area contributed by atoms with Crippen molar-refractivity contribution in [1.29, 1.82) is 0 Å². The molecule has 0 atom stereocenters. The molecule has 0 bridgehead atoms. The molecule has 0 aliphatic rings. The summed E-state index contributed by atoms with van der Waals surface area (Å²) in [4.78, 5) is 14.0. The molecule has 0 saturated carbocycles. The van der Waals surface area contributed by atoms with Crippen molar-refractivity contribution in [3.8, 4) is 5.75 Å². The van der Waals surface area contributed by atoms with Crippen LogP contribution in [0.5, 0.6) is 5.75 Å². The minimum atomic E-state index is -4.53. The van der Waals surface area contributed by atoms with Crippen molar-refractivity contribution in [2.24, 2.45) is 5.10 Å². The van der Waals surface area contributed by atoms with Crippen LogP contribution in [0.1, 0.15) is 35.3 Å². The fraction of sp³-hybridized carbons (Fsp3) is 0.263. The van der Waals surface area contributed by atoms with Crippen LogP contribution in [0.3, 0.4) is 0 Å². The monoisotopic (exact) mass is 379 g/mol. The van der Waals surface area contributed by atoms with Gasteiger partial charge in [-0.05, 0) is 44.2 Å². The first kappa shape index (κ1) is 20.3. The second-order valence-electron chi connectivity index (χ2n) is 5.69. The van der Waals surface area contributed by atoms with Crippen LogP contribution in [0, 0.1) is 0 Å². The van der Waals surface area contributed by atoms with E-state index in [0.717, 1.165) is 37.0 Å². The van der Waals surface area contributed by atoms with E-state index in [1.807, 2.05) is 19.9 Å². The fourth-order valence-electron chi connectivity index (χ4n) is 2.49. The van der Waals surface area contributed by atoms with Gasteiger partial charge in [0.1, 0.15) is 5.75 Å². The van der Waals surface area contributed by atoms with Crippen molar-refractivity contribution in [2.45, 2.75) is 20.0 Å². The van der Waals surface area contributed by atoms with E-state index in [1.165, 1.54) is 12.3 Å². The zero-order chi connectivity index (χ0) is 20.0. The highest BCUT2D eigenvalue weighted by molar-refractivity contribution is 5.95. The number of phenols is 1.